The second-order valence-corrected chi connectivity index (χ2v) is 15.2. The fraction of sp³-hybridized carbons (Fsp3) is 0.800. The van der Waals surface area contributed by atoms with Crippen LogP contribution in [0.25, 0.3) is 0 Å². The minimum Gasteiger partial charge on any atom is -0.305 e. The molecule has 0 aliphatic heterocycles. The highest BCUT2D eigenvalue weighted by Crippen LogP contribution is 2.72. The molecular weight excluding hydrogens is 472 g/mol. The number of hydrogen-bond acceptors (Lipinski definition) is 7. The maximum absolute atomic E-state index is 14.4. The standard InChI is InChI=1S/C25H47NO6P2/c1-16(2)23-13-22(14-24(26-23)17(3)4)15-25(33(27,29-18(5)6)30-19(7)8)34(28,31-20(9)10)32-21(11)12/h13-14,16-21,25H,15H2,1-12H3. The van der Waals surface area contributed by atoms with Gasteiger partial charge in [0, 0.05) is 11.4 Å². The third kappa shape index (κ3) is 9.48. The Balaban J connectivity index is 3.80. The quantitative estimate of drug-likeness (QED) is 0.229. The Hall–Kier alpha value is -0.550. The Morgan fingerprint density at radius 1 is 0.618 bits per heavy atom. The maximum atomic E-state index is 14.4. The smallest absolute Gasteiger partial charge is 0.305 e. The summed E-state index contributed by atoms with van der Waals surface area (Å²) in [6.45, 7) is 22.6. The van der Waals surface area contributed by atoms with E-state index >= 15 is 0 Å². The van der Waals surface area contributed by atoms with Crippen LogP contribution in [0.4, 0.5) is 0 Å². The Morgan fingerprint density at radius 2 is 0.912 bits per heavy atom. The van der Waals surface area contributed by atoms with Gasteiger partial charge in [-0.25, -0.2) is 0 Å². The van der Waals surface area contributed by atoms with E-state index in [-0.39, 0.29) is 18.3 Å². The van der Waals surface area contributed by atoms with Gasteiger partial charge in [-0.05, 0) is 91.3 Å². The molecule has 0 saturated heterocycles. The predicted molar refractivity (Wildman–Crippen MR) is 140 cm³/mol. The van der Waals surface area contributed by atoms with E-state index in [1.165, 1.54) is 0 Å². The van der Waals surface area contributed by atoms with Gasteiger partial charge >= 0.3 is 15.2 Å². The third-order valence-electron chi connectivity index (χ3n) is 4.69. The molecule has 0 N–H and O–H groups in total. The highest BCUT2D eigenvalue weighted by molar-refractivity contribution is 7.72. The van der Waals surface area contributed by atoms with Gasteiger partial charge in [0.05, 0.1) is 24.4 Å². The van der Waals surface area contributed by atoms with Gasteiger partial charge in [0.25, 0.3) is 0 Å². The van der Waals surface area contributed by atoms with Crippen molar-refractivity contribution < 1.29 is 27.2 Å². The van der Waals surface area contributed by atoms with E-state index in [0.29, 0.717) is 0 Å². The maximum Gasteiger partial charge on any atom is 0.346 e. The van der Waals surface area contributed by atoms with E-state index in [1.54, 1.807) is 55.4 Å². The number of pyridine rings is 1. The van der Waals surface area contributed by atoms with Crippen LogP contribution < -0.4 is 0 Å². The first-order valence-corrected chi connectivity index (χ1v) is 15.6. The lowest BCUT2D eigenvalue weighted by Gasteiger charge is -2.35. The summed E-state index contributed by atoms with van der Waals surface area (Å²) < 4.78 is 52.5. The highest BCUT2D eigenvalue weighted by atomic mass is 31.2. The van der Waals surface area contributed by atoms with Crippen LogP contribution in [0.3, 0.4) is 0 Å². The van der Waals surface area contributed by atoms with Crippen LogP contribution in [0.15, 0.2) is 12.1 Å². The molecule has 0 radical (unpaired) electrons. The van der Waals surface area contributed by atoms with Gasteiger partial charge in [-0.1, -0.05) is 27.7 Å². The van der Waals surface area contributed by atoms with Crippen LogP contribution in [-0.4, -0.2) is 34.8 Å². The van der Waals surface area contributed by atoms with Crippen LogP contribution in [0.2, 0.25) is 0 Å². The molecule has 0 saturated carbocycles. The van der Waals surface area contributed by atoms with Gasteiger partial charge in [-0.3, -0.25) is 14.1 Å². The summed E-state index contributed by atoms with van der Waals surface area (Å²) in [6.07, 6.45) is -1.49. The lowest BCUT2D eigenvalue weighted by atomic mass is 10.0. The van der Waals surface area contributed by atoms with Crippen molar-refractivity contribution in [3.8, 4) is 0 Å². The van der Waals surface area contributed by atoms with Crippen molar-refractivity contribution >= 4 is 15.2 Å². The minimum atomic E-state index is -3.95. The highest BCUT2D eigenvalue weighted by Gasteiger charge is 2.53. The van der Waals surface area contributed by atoms with E-state index in [1.807, 2.05) is 12.1 Å². The van der Waals surface area contributed by atoms with E-state index < -0.39 is 45.0 Å². The molecule has 0 aromatic carbocycles. The summed E-state index contributed by atoms with van der Waals surface area (Å²) in [5.74, 6) is 0.402. The van der Waals surface area contributed by atoms with E-state index in [0.717, 1.165) is 17.0 Å². The van der Waals surface area contributed by atoms with Crippen LogP contribution in [-0.2, 0) is 33.6 Å². The van der Waals surface area contributed by atoms with Crippen molar-refractivity contribution in [2.75, 3.05) is 0 Å². The van der Waals surface area contributed by atoms with Crippen LogP contribution >= 0.6 is 15.2 Å². The molecule has 0 fully saturated rings. The van der Waals surface area contributed by atoms with E-state index in [4.69, 9.17) is 23.1 Å². The Morgan fingerprint density at radius 3 is 1.15 bits per heavy atom. The fourth-order valence-electron chi connectivity index (χ4n) is 3.46. The Bertz CT molecular complexity index is 775. The average Bonchev–Trinajstić information content (AvgIpc) is 2.62. The molecule has 0 aliphatic carbocycles. The summed E-state index contributed by atoms with van der Waals surface area (Å²) in [6, 6.07) is 3.96. The molecule has 0 amide bonds. The molecule has 34 heavy (non-hydrogen) atoms. The molecule has 1 aromatic rings. The van der Waals surface area contributed by atoms with Crippen molar-refractivity contribution in [3.63, 3.8) is 0 Å². The SMILES string of the molecule is CC(C)OP(=O)(OC(C)C)C(Cc1cc(C(C)C)nc(C(C)C)c1)P(=O)(OC(C)C)OC(C)C. The molecule has 198 valence electrons. The lowest BCUT2D eigenvalue weighted by Crippen LogP contribution is -2.25. The van der Waals surface area contributed by atoms with Crippen molar-refractivity contribution in [3.05, 3.63) is 29.1 Å². The fourth-order valence-corrected chi connectivity index (χ4v) is 9.38. The van der Waals surface area contributed by atoms with Gasteiger partial charge in [0.15, 0.2) is 5.40 Å². The largest absolute Gasteiger partial charge is 0.346 e. The predicted octanol–water partition coefficient (Wildman–Crippen LogP) is 8.28. The Labute approximate surface area is 207 Å². The van der Waals surface area contributed by atoms with Gasteiger partial charge in [0.2, 0.25) is 0 Å². The zero-order valence-electron chi connectivity index (χ0n) is 23.2. The summed E-state index contributed by atoms with van der Waals surface area (Å²) in [7, 11) is -7.90. The molecule has 7 nitrogen and oxygen atoms in total. The molecule has 0 bridgehead atoms. The number of nitrogens with zero attached hydrogens (tertiary/aromatic N) is 1. The van der Waals surface area contributed by atoms with E-state index in [9.17, 15) is 9.13 Å². The van der Waals surface area contributed by atoms with Crippen molar-refractivity contribution in [1.82, 2.24) is 4.98 Å². The molecule has 1 heterocycles. The summed E-state index contributed by atoms with van der Waals surface area (Å²) >= 11 is 0. The molecule has 9 heteroatoms. The van der Waals surface area contributed by atoms with E-state index in [2.05, 4.69) is 27.7 Å². The van der Waals surface area contributed by atoms with Crippen LogP contribution in [0.1, 0.15) is 112 Å². The average molecular weight is 520 g/mol. The molecule has 1 rings (SSSR count). The second-order valence-electron chi connectivity index (χ2n) is 10.5. The van der Waals surface area contributed by atoms with Crippen molar-refractivity contribution in [2.24, 2.45) is 0 Å². The molecule has 0 aliphatic rings. The van der Waals surface area contributed by atoms with Gasteiger partial charge in [-0.15, -0.1) is 0 Å². The van der Waals surface area contributed by atoms with Gasteiger partial charge in [-0.2, -0.15) is 0 Å². The second kappa shape index (κ2) is 13.1. The summed E-state index contributed by atoms with van der Waals surface area (Å²) in [4.78, 5) is 4.79. The molecule has 0 atom stereocenters. The molecule has 0 spiro atoms. The van der Waals surface area contributed by atoms with Crippen LogP contribution in [0, 0.1) is 0 Å². The minimum absolute atomic E-state index is 0.148. The van der Waals surface area contributed by atoms with Gasteiger partial charge < -0.3 is 18.1 Å². The van der Waals surface area contributed by atoms with Gasteiger partial charge in [0.1, 0.15) is 0 Å². The first kappa shape index (κ1) is 31.5. The normalized spacial score (nSPS) is 13.6. The third-order valence-corrected chi connectivity index (χ3v) is 11.1. The summed E-state index contributed by atoms with van der Waals surface area (Å²) in [5, 5.41) is -1.13. The first-order chi connectivity index (χ1) is 15.5. The number of hydrogen-bond donors (Lipinski definition) is 0. The zero-order valence-corrected chi connectivity index (χ0v) is 25.0. The lowest BCUT2D eigenvalue weighted by molar-refractivity contribution is 0.122. The molecule has 1 aromatic heterocycles. The number of rotatable bonds is 14. The zero-order chi connectivity index (χ0) is 26.4. The summed E-state index contributed by atoms with van der Waals surface area (Å²) in [5.41, 5.74) is 2.70. The van der Waals surface area contributed by atoms with Crippen LogP contribution in [0.5, 0.6) is 0 Å². The molecule has 0 unspecified atom stereocenters. The monoisotopic (exact) mass is 519 g/mol. The first-order valence-electron chi connectivity index (χ1n) is 12.4. The number of aromatic nitrogens is 1. The van der Waals surface area contributed by atoms with Crippen molar-refractivity contribution in [1.29, 1.82) is 0 Å². The Kier molecular flexibility index (Phi) is 12.2. The topological polar surface area (TPSA) is 84.0 Å². The molecular formula is C25H47NO6P2. The van der Waals surface area contributed by atoms with Crippen molar-refractivity contribution in [2.45, 2.75) is 131 Å².